The van der Waals surface area contributed by atoms with Crippen LogP contribution >= 0.6 is 11.6 Å². The van der Waals surface area contributed by atoms with E-state index >= 15 is 0 Å². The highest BCUT2D eigenvalue weighted by atomic mass is 35.5. The number of nitrogens with one attached hydrogen (secondary N) is 2. The van der Waals surface area contributed by atoms with Gasteiger partial charge in [0, 0.05) is 19.0 Å². The molecule has 1 aliphatic rings. The van der Waals surface area contributed by atoms with E-state index in [2.05, 4.69) is 29.1 Å². The van der Waals surface area contributed by atoms with Crippen LogP contribution in [-0.4, -0.2) is 16.0 Å². The van der Waals surface area contributed by atoms with Gasteiger partial charge in [-0.3, -0.25) is 0 Å². The smallest absolute Gasteiger partial charge is 0.151 e. The van der Waals surface area contributed by atoms with Crippen molar-refractivity contribution in [3.63, 3.8) is 0 Å². The predicted molar refractivity (Wildman–Crippen MR) is 75.9 cm³/mol. The molecular weight excluding hydrogens is 246 g/mol. The summed E-state index contributed by atoms with van der Waals surface area (Å²) in [6.45, 7) is 5.33. The van der Waals surface area contributed by atoms with Crippen molar-refractivity contribution in [2.45, 2.75) is 65.0 Å². The van der Waals surface area contributed by atoms with Crippen molar-refractivity contribution in [1.29, 1.82) is 0 Å². The molecule has 1 saturated carbocycles. The van der Waals surface area contributed by atoms with E-state index in [4.69, 9.17) is 11.6 Å². The molecule has 0 aromatic carbocycles. The molecule has 0 spiro atoms. The van der Waals surface area contributed by atoms with Crippen molar-refractivity contribution in [3.05, 3.63) is 16.7 Å². The van der Waals surface area contributed by atoms with Crippen LogP contribution in [0.1, 0.15) is 57.5 Å². The normalized spacial score (nSPS) is 23.7. The topological polar surface area (TPSA) is 40.7 Å². The van der Waals surface area contributed by atoms with Gasteiger partial charge in [0.05, 0.1) is 5.69 Å². The molecule has 102 valence electrons. The monoisotopic (exact) mass is 269 g/mol. The molecule has 0 amide bonds. The van der Waals surface area contributed by atoms with Crippen LogP contribution in [0, 0.1) is 5.92 Å². The van der Waals surface area contributed by atoms with Crippen molar-refractivity contribution in [2.75, 3.05) is 0 Å². The zero-order chi connectivity index (χ0) is 13.0. The Morgan fingerprint density at radius 2 is 2.28 bits per heavy atom. The maximum absolute atomic E-state index is 6.16. The summed E-state index contributed by atoms with van der Waals surface area (Å²) >= 11 is 6.16. The van der Waals surface area contributed by atoms with Gasteiger partial charge in [-0.2, -0.15) is 0 Å². The number of imidazole rings is 1. The van der Waals surface area contributed by atoms with Gasteiger partial charge < -0.3 is 10.3 Å². The molecule has 0 bridgehead atoms. The minimum absolute atomic E-state index is 0.638. The number of nitrogens with zero attached hydrogens (tertiary/aromatic N) is 1. The molecule has 3 nitrogen and oxygen atoms in total. The molecular formula is C14H24ClN3. The van der Waals surface area contributed by atoms with Crippen LogP contribution in [0.15, 0.2) is 0 Å². The first-order valence-electron chi connectivity index (χ1n) is 7.17. The Kier molecular flexibility index (Phi) is 5.07. The first kappa shape index (κ1) is 13.9. The highest BCUT2D eigenvalue weighted by Crippen LogP contribution is 2.25. The van der Waals surface area contributed by atoms with E-state index in [0.29, 0.717) is 11.2 Å². The molecule has 0 saturated heterocycles. The Balaban J connectivity index is 1.86. The van der Waals surface area contributed by atoms with Gasteiger partial charge in [0.1, 0.15) is 5.82 Å². The van der Waals surface area contributed by atoms with Crippen LogP contribution in [0.5, 0.6) is 0 Å². The maximum atomic E-state index is 6.16. The van der Waals surface area contributed by atoms with E-state index < -0.39 is 0 Å². The number of unbranched alkanes of at least 4 members (excludes halogenated alkanes) is 1. The van der Waals surface area contributed by atoms with Crippen molar-refractivity contribution in [1.82, 2.24) is 15.3 Å². The molecule has 0 aliphatic heterocycles. The summed E-state index contributed by atoms with van der Waals surface area (Å²) in [6.07, 6.45) is 7.32. The highest BCUT2D eigenvalue weighted by Gasteiger charge is 2.23. The Morgan fingerprint density at radius 3 is 2.94 bits per heavy atom. The summed E-state index contributed by atoms with van der Waals surface area (Å²) in [7, 11) is 0. The lowest BCUT2D eigenvalue weighted by Gasteiger charge is -2.16. The first-order valence-corrected chi connectivity index (χ1v) is 7.55. The fraction of sp³-hybridized carbons (Fsp3) is 0.786. The van der Waals surface area contributed by atoms with Gasteiger partial charge in [0.25, 0.3) is 0 Å². The minimum Gasteiger partial charge on any atom is -0.344 e. The minimum atomic E-state index is 0.638. The lowest BCUT2D eigenvalue weighted by atomic mass is 10.1. The summed E-state index contributed by atoms with van der Waals surface area (Å²) in [5.74, 6) is 1.81. The third-order valence-corrected chi connectivity index (χ3v) is 4.26. The lowest BCUT2D eigenvalue weighted by molar-refractivity contribution is 0.424. The average Bonchev–Trinajstić information content (AvgIpc) is 2.91. The molecule has 0 radical (unpaired) electrons. The lowest BCUT2D eigenvalue weighted by Crippen LogP contribution is -2.30. The van der Waals surface area contributed by atoms with E-state index in [-0.39, 0.29) is 0 Å². The summed E-state index contributed by atoms with van der Waals surface area (Å²) in [6, 6.07) is 0.642. The van der Waals surface area contributed by atoms with Crippen LogP contribution < -0.4 is 5.32 Å². The van der Waals surface area contributed by atoms with Gasteiger partial charge in [-0.15, -0.1) is 0 Å². The summed E-state index contributed by atoms with van der Waals surface area (Å²) < 4.78 is 0. The van der Waals surface area contributed by atoms with Gasteiger partial charge >= 0.3 is 0 Å². The second-order valence-electron chi connectivity index (χ2n) is 5.45. The van der Waals surface area contributed by atoms with Gasteiger partial charge in [0.15, 0.2) is 5.15 Å². The molecule has 1 aromatic rings. The van der Waals surface area contributed by atoms with Crippen LogP contribution in [0.3, 0.4) is 0 Å². The number of hydrogen-bond donors (Lipinski definition) is 2. The molecule has 1 fully saturated rings. The largest absolute Gasteiger partial charge is 0.344 e. The molecule has 2 atom stereocenters. The molecule has 1 aromatic heterocycles. The summed E-state index contributed by atoms with van der Waals surface area (Å²) in [4.78, 5) is 7.73. The van der Waals surface area contributed by atoms with Crippen LogP contribution in [-0.2, 0) is 13.0 Å². The highest BCUT2D eigenvalue weighted by molar-refractivity contribution is 6.30. The van der Waals surface area contributed by atoms with Crippen molar-refractivity contribution in [2.24, 2.45) is 5.92 Å². The van der Waals surface area contributed by atoms with E-state index in [1.807, 2.05) is 0 Å². The summed E-state index contributed by atoms with van der Waals surface area (Å²) in [5.41, 5.74) is 1.04. The number of aromatic amines is 1. The zero-order valence-electron chi connectivity index (χ0n) is 11.4. The third kappa shape index (κ3) is 3.48. The summed E-state index contributed by atoms with van der Waals surface area (Å²) in [5, 5.41) is 4.24. The second-order valence-corrected chi connectivity index (χ2v) is 5.81. The molecule has 1 aliphatic carbocycles. The van der Waals surface area contributed by atoms with Gasteiger partial charge in [-0.1, -0.05) is 38.3 Å². The number of H-pyrrole nitrogens is 1. The fourth-order valence-corrected chi connectivity index (χ4v) is 2.92. The fourth-order valence-electron chi connectivity index (χ4n) is 2.70. The molecule has 1 heterocycles. The first-order chi connectivity index (χ1) is 8.70. The van der Waals surface area contributed by atoms with E-state index in [1.165, 1.54) is 25.7 Å². The van der Waals surface area contributed by atoms with E-state index in [1.54, 1.807) is 0 Å². The van der Waals surface area contributed by atoms with Crippen LogP contribution in [0.25, 0.3) is 0 Å². The number of halogens is 1. The Labute approximate surface area is 115 Å². The van der Waals surface area contributed by atoms with Gasteiger partial charge in [-0.25, -0.2) is 4.98 Å². The number of rotatable bonds is 6. The van der Waals surface area contributed by atoms with Gasteiger partial charge in [0.2, 0.25) is 0 Å². The Hall–Kier alpha value is -0.540. The van der Waals surface area contributed by atoms with Crippen LogP contribution in [0.4, 0.5) is 0 Å². The zero-order valence-corrected chi connectivity index (χ0v) is 12.2. The Morgan fingerprint density at radius 1 is 1.44 bits per heavy atom. The van der Waals surface area contributed by atoms with Crippen LogP contribution in [0.2, 0.25) is 5.15 Å². The molecule has 4 heteroatoms. The number of aromatic nitrogens is 2. The molecule has 18 heavy (non-hydrogen) atoms. The number of hydrogen-bond acceptors (Lipinski definition) is 2. The molecule has 2 N–H and O–H groups in total. The van der Waals surface area contributed by atoms with Crippen molar-refractivity contribution in [3.8, 4) is 0 Å². The molecule has 2 unspecified atom stereocenters. The number of aryl methyl sites for hydroxylation is 1. The third-order valence-electron chi connectivity index (χ3n) is 3.95. The van der Waals surface area contributed by atoms with Crippen molar-refractivity contribution < 1.29 is 0 Å². The SMILES string of the molecule is CCCCc1nc(Cl)c(CNC2CCCC2C)[nH]1. The van der Waals surface area contributed by atoms with Crippen molar-refractivity contribution >= 4 is 11.6 Å². The van der Waals surface area contributed by atoms with Gasteiger partial charge in [-0.05, 0) is 25.2 Å². The second kappa shape index (κ2) is 6.58. The Bertz CT molecular complexity index is 375. The standard InChI is InChI=1S/C14H24ClN3/c1-3-4-8-13-17-12(14(15)18-13)9-16-11-7-5-6-10(11)2/h10-11,16H,3-9H2,1-2H3,(H,17,18). The quantitative estimate of drug-likeness (QED) is 0.827. The predicted octanol–water partition coefficient (Wildman–Crippen LogP) is 3.68. The van der Waals surface area contributed by atoms with E-state index in [0.717, 1.165) is 36.8 Å². The maximum Gasteiger partial charge on any atom is 0.151 e. The molecule has 2 rings (SSSR count). The van der Waals surface area contributed by atoms with E-state index in [9.17, 15) is 0 Å². The average molecular weight is 270 g/mol.